The third-order valence-electron chi connectivity index (χ3n) is 6.64. The molecule has 5 rings (SSSR count). The maximum Gasteiger partial charge on any atom is 0.270 e. The normalized spacial score (nSPS) is 21.6. The highest BCUT2D eigenvalue weighted by Gasteiger charge is 2.34. The summed E-state index contributed by atoms with van der Waals surface area (Å²) >= 11 is 0. The summed E-state index contributed by atoms with van der Waals surface area (Å²) in [6.45, 7) is 2.40. The lowest BCUT2D eigenvalue weighted by atomic mass is 10.0. The van der Waals surface area contributed by atoms with Gasteiger partial charge in [0.05, 0.1) is 23.0 Å². The van der Waals surface area contributed by atoms with Crippen LogP contribution in [0.2, 0.25) is 0 Å². The number of aromatic hydroxyl groups is 1. The van der Waals surface area contributed by atoms with Crippen molar-refractivity contribution in [3.8, 4) is 11.4 Å². The summed E-state index contributed by atoms with van der Waals surface area (Å²) in [5.41, 5.74) is 3.74. The number of methoxy groups -OCH3 is 1. The Morgan fingerprint density at radius 3 is 2.62 bits per heavy atom. The molecule has 0 saturated carbocycles. The van der Waals surface area contributed by atoms with Gasteiger partial charge >= 0.3 is 0 Å². The first kappa shape index (κ1) is 21.0. The third-order valence-corrected chi connectivity index (χ3v) is 6.64. The average Bonchev–Trinajstić information content (AvgIpc) is 3.20. The van der Waals surface area contributed by atoms with E-state index in [2.05, 4.69) is 11.1 Å². The molecule has 0 bridgehead atoms. The van der Waals surface area contributed by atoms with Crippen LogP contribution in [0.4, 0.5) is 4.39 Å². The summed E-state index contributed by atoms with van der Waals surface area (Å²) < 4.78 is 21.0. The van der Waals surface area contributed by atoms with Crippen LogP contribution in [-0.2, 0) is 11.2 Å². The first-order valence-electron chi connectivity index (χ1n) is 11.3. The van der Waals surface area contributed by atoms with E-state index in [1.807, 2.05) is 27.8 Å². The minimum absolute atomic E-state index is 0.00934. The summed E-state index contributed by atoms with van der Waals surface area (Å²) in [6.07, 6.45) is 10.9. The van der Waals surface area contributed by atoms with Gasteiger partial charge in [0.15, 0.2) is 0 Å². The fourth-order valence-electron chi connectivity index (χ4n) is 4.96. The minimum atomic E-state index is -0.499. The zero-order valence-corrected chi connectivity index (χ0v) is 18.3. The van der Waals surface area contributed by atoms with Crippen molar-refractivity contribution in [2.24, 2.45) is 0 Å². The zero-order chi connectivity index (χ0) is 22.2. The molecule has 1 saturated heterocycles. The van der Waals surface area contributed by atoms with Crippen LogP contribution in [0, 0.1) is 5.82 Å². The van der Waals surface area contributed by atoms with Gasteiger partial charge in [0.1, 0.15) is 11.6 Å². The van der Waals surface area contributed by atoms with Crippen LogP contribution in [0.25, 0.3) is 11.3 Å². The number of nitrogens with zero attached hydrogens (tertiary/aromatic N) is 3. The van der Waals surface area contributed by atoms with E-state index in [9.17, 15) is 14.3 Å². The lowest BCUT2D eigenvalue weighted by Gasteiger charge is -2.39. The number of piperidine rings is 1. The van der Waals surface area contributed by atoms with Gasteiger partial charge in [-0.1, -0.05) is 24.6 Å². The maximum absolute atomic E-state index is 13.7. The second kappa shape index (κ2) is 8.56. The molecule has 0 spiro atoms. The number of phenolic OH excluding ortho intramolecular Hbond substituents is 1. The van der Waals surface area contributed by atoms with Gasteiger partial charge in [0, 0.05) is 44.9 Å². The molecule has 1 amide bonds. The van der Waals surface area contributed by atoms with Crippen LogP contribution in [0.3, 0.4) is 0 Å². The highest BCUT2D eigenvalue weighted by atomic mass is 19.1. The van der Waals surface area contributed by atoms with E-state index in [0.29, 0.717) is 24.2 Å². The van der Waals surface area contributed by atoms with E-state index in [-0.39, 0.29) is 17.8 Å². The lowest BCUT2D eigenvalue weighted by molar-refractivity contribution is -0.0237. The Labute approximate surface area is 187 Å². The molecule has 1 aliphatic carbocycles. The molecule has 1 aromatic heterocycles. The molecule has 168 valence electrons. The topological polar surface area (TPSA) is 57.9 Å². The molecule has 1 unspecified atom stereocenters. The molecule has 1 fully saturated rings. The van der Waals surface area contributed by atoms with Gasteiger partial charge in [0.25, 0.3) is 5.91 Å². The number of hydrogen-bond acceptors (Lipinski definition) is 4. The number of hydrogen-bond donors (Lipinski definition) is 1. The van der Waals surface area contributed by atoms with Gasteiger partial charge in [0.2, 0.25) is 0 Å². The number of carbonyl (C=O) groups is 1. The van der Waals surface area contributed by atoms with Crippen LogP contribution in [0.1, 0.15) is 47.4 Å². The Hall–Kier alpha value is -2.90. The number of aromatic nitrogens is 1. The van der Waals surface area contributed by atoms with Crippen molar-refractivity contribution in [2.45, 2.75) is 38.2 Å². The average molecular weight is 438 g/mol. The maximum atomic E-state index is 13.7. The first-order valence-corrected chi connectivity index (χ1v) is 11.3. The summed E-state index contributed by atoms with van der Waals surface area (Å²) in [6, 6.07) is 5.94. The molecule has 3 aliphatic rings. The number of rotatable bonds is 4. The molecule has 32 heavy (non-hydrogen) atoms. The highest BCUT2D eigenvalue weighted by molar-refractivity contribution is 5.98. The fraction of sp³-hybridized carbons (Fsp3) is 0.400. The van der Waals surface area contributed by atoms with Gasteiger partial charge in [-0.2, -0.15) is 0 Å². The van der Waals surface area contributed by atoms with E-state index in [1.165, 1.54) is 12.5 Å². The smallest absolute Gasteiger partial charge is 0.270 e. The van der Waals surface area contributed by atoms with Crippen molar-refractivity contribution in [1.29, 1.82) is 0 Å². The monoisotopic (exact) mass is 437 g/mol. The number of amides is 1. The molecule has 2 aromatic rings. The van der Waals surface area contributed by atoms with E-state index >= 15 is 0 Å². The van der Waals surface area contributed by atoms with Gasteiger partial charge in [-0.05, 0) is 43.0 Å². The molecule has 3 heterocycles. The number of ether oxygens (including phenoxy) is 1. The lowest BCUT2D eigenvalue weighted by Crippen LogP contribution is -2.51. The van der Waals surface area contributed by atoms with Crippen LogP contribution >= 0.6 is 0 Å². The Bertz CT molecular complexity index is 1100. The Balaban J connectivity index is 1.60. The van der Waals surface area contributed by atoms with Crippen molar-refractivity contribution in [2.75, 3.05) is 26.7 Å². The number of phenols is 1. The number of fused-ring (bicyclic) bond motifs is 1. The first-order chi connectivity index (χ1) is 15.6. The molecular formula is C25H28FN3O3. The van der Waals surface area contributed by atoms with Crippen molar-refractivity contribution in [3.05, 3.63) is 65.3 Å². The molecule has 1 aromatic carbocycles. The van der Waals surface area contributed by atoms with Gasteiger partial charge in [-0.15, -0.1) is 0 Å². The quantitative estimate of drug-likeness (QED) is 0.783. The summed E-state index contributed by atoms with van der Waals surface area (Å²) in [5, 5.41) is 14.6. The Morgan fingerprint density at radius 1 is 1.12 bits per heavy atom. The number of carbonyl (C=O) groups excluding carboxylic acids is 1. The minimum Gasteiger partial charge on any atom is -0.506 e. The van der Waals surface area contributed by atoms with Crippen molar-refractivity contribution < 1.29 is 19.0 Å². The van der Waals surface area contributed by atoms with Crippen LogP contribution < -0.4 is 0 Å². The van der Waals surface area contributed by atoms with Crippen LogP contribution in [0.5, 0.6) is 5.75 Å². The number of benzene rings is 1. The van der Waals surface area contributed by atoms with Crippen molar-refractivity contribution >= 4 is 11.5 Å². The Kier molecular flexibility index (Phi) is 5.61. The standard InChI is InChI=1S/C25H28FN3O3/c1-32-19-8-5-17(6-9-19)23-16-20-21(29(23)22-10-7-18(26)15-24(22)30)11-14-28(25(20)31)27-12-3-2-4-13-27/h5-8,10,15-16,19,30H,2-4,9,11-14H2,1H3. The molecular weight excluding hydrogens is 409 g/mol. The Morgan fingerprint density at radius 2 is 1.94 bits per heavy atom. The van der Waals surface area contributed by atoms with Gasteiger partial charge in [-0.3, -0.25) is 9.80 Å². The van der Waals surface area contributed by atoms with E-state index < -0.39 is 5.82 Å². The highest BCUT2D eigenvalue weighted by Crippen LogP contribution is 2.36. The molecule has 1 atom stereocenters. The number of hydrazine groups is 1. The van der Waals surface area contributed by atoms with Crippen LogP contribution in [-0.4, -0.2) is 58.4 Å². The van der Waals surface area contributed by atoms with Crippen LogP contribution in [0.15, 0.2) is 42.5 Å². The molecule has 0 radical (unpaired) electrons. The SMILES string of the molecule is COC1C=CC(c2cc3c(n2-c2ccc(F)cc2O)CCN(N2CCCCC2)C3=O)=CC1. The van der Waals surface area contributed by atoms with Crippen molar-refractivity contribution in [3.63, 3.8) is 0 Å². The van der Waals surface area contributed by atoms with E-state index in [1.54, 1.807) is 13.2 Å². The molecule has 7 heteroatoms. The predicted octanol–water partition coefficient (Wildman–Crippen LogP) is 4.08. The summed E-state index contributed by atoms with van der Waals surface area (Å²) in [4.78, 5) is 13.5. The largest absolute Gasteiger partial charge is 0.506 e. The predicted molar refractivity (Wildman–Crippen MR) is 120 cm³/mol. The zero-order valence-electron chi connectivity index (χ0n) is 18.3. The fourth-order valence-corrected chi connectivity index (χ4v) is 4.96. The third kappa shape index (κ3) is 3.65. The van der Waals surface area contributed by atoms with E-state index in [4.69, 9.17) is 4.74 Å². The summed E-state index contributed by atoms with van der Waals surface area (Å²) in [7, 11) is 1.68. The number of allylic oxidation sites excluding steroid dienone is 2. The van der Waals surface area contributed by atoms with Crippen molar-refractivity contribution in [1.82, 2.24) is 14.6 Å². The van der Waals surface area contributed by atoms with E-state index in [0.717, 1.165) is 55.4 Å². The molecule has 1 N–H and O–H groups in total. The van der Waals surface area contributed by atoms with Gasteiger partial charge < -0.3 is 14.4 Å². The molecule has 2 aliphatic heterocycles. The second-order valence-corrected chi connectivity index (χ2v) is 8.58. The number of halogens is 1. The van der Waals surface area contributed by atoms with Gasteiger partial charge in [-0.25, -0.2) is 9.40 Å². The summed E-state index contributed by atoms with van der Waals surface area (Å²) in [5.74, 6) is -0.656. The molecule has 6 nitrogen and oxygen atoms in total. The second-order valence-electron chi connectivity index (χ2n) is 8.58.